The number of oxazole rings is 1. The highest BCUT2D eigenvalue weighted by atomic mass is 16.5. The number of aromatic nitrogens is 1. The second kappa shape index (κ2) is 9.94. The molecular formula is C28H32N2O4. The van der Waals surface area contributed by atoms with E-state index < -0.39 is 6.04 Å². The molecule has 1 aliphatic heterocycles. The molecule has 178 valence electrons. The van der Waals surface area contributed by atoms with E-state index in [1.165, 1.54) is 6.39 Å². The van der Waals surface area contributed by atoms with Crippen molar-refractivity contribution in [2.45, 2.75) is 64.7 Å². The van der Waals surface area contributed by atoms with Crippen LogP contribution < -0.4 is 0 Å². The maximum absolute atomic E-state index is 13.4. The van der Waals surface area contributed by atoms with Crippen molar-refractivity contribution in [2.75, 3.05) is 6.54 Å². The van der Waals surface area contributed by atoms with Crippen LogP contribution in [0.15, 0.2) is 65.5 Å². The molecule has 1 saturated heterocycles. The minimum absolute atomic E-state index is 0.0697. The third-order valence-electron chi connectivity index (χ3n) is 6.01. The second-order valence-corrected chi connectivity index (χ2v) is 9.96. The lowest BCUT2D eigenvalue weighted by Crippen LogP contribution is -2.41. The van der Waals surface area contributed by atoms with Gasteiger partial charge < -0.3 is 14.1 Å². The van der Waals surface area contributed by atoms with Crippen LogP contribution in [0.1, 0.15) is 55.1 Å². The van der Waals surface area contributed by atoms with Gasteiger partial charge in [0.25, 0.3) is 5.91 Å². The fraction of sp³-hybridized carbons (Fsp3) is 0.393. The highest BCUT2D eigenvalue weighted by Gasteiger charge is 2.41. The van der Waals surface area contributed by atoms with Crippen molar-refractivity contribution >= 4 is 11.7 Å². The maximum Gasteiger partial charge on any atom is 0.254 e. The van der Waals surface area contributed by atoms with Gasteiger partial charge in [-0.2, -0.15) is 0 Å². The van der Waals surface area contributed by atoms with Crippen molar-refractivity contribution in [1.29, 1.82) is 0 Å². The van der Waals surface area contributed by atoms with Gasteiger partial charge in [-0.05, 0) is 51.8 Å². The van der Waals surface area contributed by atoms with E-state index in [2.05, 4.69) is 4.98 Å². The molecule has 0 unspecified atom stereocenters. The predicted molar refractivity (Wildman–Crippen MR) is 131 cm³/mol. The van der Waals surface area contributed by atoms with E-state index in [0.717, 1.165) is 16.7 Å². The van der Waals surface area contributed by atoms with E-state index in [4.69, 9.17) is 9.15 Å². The molecule has 6 nitrogen and oxygen atoms in total. The molecule has 3 aromatic rings. The molecule has 1 aliphatic rings. The summed E-state index contributed by atoms with van der Waals surface area (Å²) in [6.07, 6.45) is 4.43. The Bertz CT molecular complexity index is 1130. The van der Waals surface area contributed by atoms with Gasteiger partial charge >= 0.3 is 0 Å². The minimum atomic E-state index is -0.478. The Morgan fingerprint density at radius 1 is 1.15 bits per heavy atom. The first kappa shape index (κ1) is 23.9. The molecule has 2 aromatic carbocycles. The quantitative estimate of drug-likeness (QED) is 0.481. The van der Waals surface area contributed by atoms with E-state index in [1.807, 2.05) is 76.2 Å². The SMILES string of the molecule is Cc1cccc(C(=O)N2C[C@H](OC(C)(C)C)C[C@H]2C(=O)CCc2ccc(-c3cnco3)cc2)c1. The van der Waals surface area contributed by atoms with Crippen molar-refractivity contribution in [2.24, 2.45) is 0 Å². The number of aryl methyl sites for hydroxylation is 2. The number of ether oxygens (including phenoxy) is 1. The van der Waals surface area contributed by atoms with Crippen LogP contribution in [0.2, 0.25) is 0 Å². The van der Waals surface area contributed by atoms with E-state index in [0.29, 0.717) is 37.1 Å². The van der Waals surface area contributed by atoms with E-state index in [1.54, 1.807) is 11.1 Å². The van der Waals surface area contributed by atoms with Crippen molar-refractivity contribution < 1.29 is 18.7 Å². The van der Waals surface area contributed by atoms with Crippen LogP contribution in [0.5, 0.6) is 0 Å². The highest BCUT2D eigenvalue weighted by Crippen LogP contribution is 2.28. The monoisotopic (exact) mass is 460 g/mol. The number of carbonyl (C=O) groups is 2. The zero-order chi connectivity index (χ0) is 24.3. The van der Waals surface area contributed by atoms with Crippen LogP contribution in [0.3, 0.4) is 0 Å². The van der Waals surface area contributed by atoms with Gasteiger partial charge in [0.1, 0.15) is 0 Å². The lowest BCUT2D eigenvalue weighted by Gasteiger charge is -2.25. The lowest BCUT2D eigenvalue weighted by atomic mass is 9.99. The van der Waals surface area contributed by atoms with Crippen LogP contribution >= 0.6 is 0 Å². The molecule has 0 spiro atoms. The fourth-order valence-corrected chi connectivity index (χ4v) is 4.48. The molecule has 1 aromatic heterocycles. The minimum Gasteiger partial charge on any atom is -0.444 e. The second-order valence-electron chi connectivity index (χ2n) is 9.96. The first-order valence-electron chi connectivity index (χ1n) is 11.8. The number of hydrogen-bond acceptors (Lipinski definition) is 5. The van der Waals surface area contributed by atoms with Gasteiger partial charge in [0.05, 0.1) is 23.9 Å². The van der Waals surface area contributed by atoms with Crippen molar-refractivity contribution in [3.05, 3.63) is 77.8 Å². The molecule has 0 bridgehead atoms. The molecule has 2 atom stereocenters. The Morgan fingerprint density at radius 3 is 2.56 bits per heavy atom. The molecule has 0 aliphatic carbocycles. The summed E-state index contributed by atoms with van der Waals surface area (Å²) in [5.41, 5.74) is 3.29. The molecular weight excluding hydrogens is 428 g/mol. The Labute approximate surface area is 200 Å². The fourth-order valence-electron chi connectivity index (χ4n) is 4.48. The summed E-state index contributed by atoms with van der Waals surface area (Å²) in [5, 5.41) is 0. The Morgan fingerprint density at radius 2 is 1.91 bits per heavy atom. The van der Waals surface area contributed by atoms with Crippen molar-refractivity contribution in [1.82, 2.24) is 9.88 Å². The molecule has 34 heavy (non-hydrogen) atoms. The van der Waals surface area contributed by atoms with Gasteiger partial charge in [0, 0.05) is 30.5 Å². The summed E-state index contributed by atoms with van der Waals surface area (Å²) in [7, 11) is 0. The zero-order valence-corrected chi connectivity index (χ0v) is 20.3. The van der Waals surface area contributed by atoms with Gasteiger partial charge in [-0.3, -0.25) is 9.59 Å². The van der Waals surface area contributed by atoms with Gasteiger partial charge in [0.15, 0.2) is 17.9 Å². The average molecular weight is 461 g/mol. The highest BCUT2D eigenvalue weighted by molar-refractivity contribution is 5.98. The Hall–Kier alpha value is -3.25. The summed E-state index contributed by atoms with van der Waals surface area (Å²) < 4.78 is 11.5. The summed E-state index contributed by atoms with van der Waals surface area (Å²) in [4.78, 5) is 32.3. The molecule has 2 heterocycles. The summed E-state index contributed by atoms with van der Waals surface area (Å²) >= 11 is 0. The van der Waals surface area contributed by atoms with Crippen LogP contribution in [0.25, 0.3) is 11.3 Å². The molecule has 0 saturated carbocycles. The molecule has 1 amide bonds. The van der Waals surface area contributed by atoms with Gasteiger partial charge in [-0.25, -0.2) is 4.98 Å². The molecule has 0 radical (unpaired) electrons. The topological polar surface area (TPSA) is 72.6 Å². The first-order chi connectivity index (χ1) is 16.2. The predicted octanol–water partition coefficient (Wildman–Crippen LogP) is 5.25. The van der Waals surface area contributed by atoms with Crippen LogP contribution in [0, 0.1) is 6.92 Å². The first-order valence-corrected chi connectivity index (χ1v) is 11.8. The average Bonchev–Trinajstić information content (AvgIpc) is 3.47. The number of nitrogens with zero attached hydrogens (tertiary/aromatic N) is 2. The smallest absolute Gasteiger partial charge is 0.254 e. The lowest BCUT2D eigenvalue weighted by molar-refractivity contribution is -0.123. The van der Waals surface area contributed by atoms with E-state index in [9.17, 15) is 9.59 Å². The third-order valence-corrected chi connectivity index (χ3v) is 6.01. The summed E-state index contributed by atoms with van der Waals surface area (Å²) in [6.45, 7) is 8.38. The Balaban J connectivity index is 1.46. The van der Waals surface area contributed by atoms with Crippen LogP contribution in [-0.2, 0) is 16.0 Å². The van der Waals surface area contributed by atoms with Gasteiger partial charge in [-0.15, -0.1) is 0 Å². The number of hydrogen-bond donors (Lipinski definition) is 0. The number of carbonyl (C=O) groups excluding carboxylic acids is 2. The van der Waals surface area contributed by atoms with Gasteiger partial charge in [0.2, 0.25) is 0 Å². The van der Waals surface area contributed by atoms with Gasteiger partial charge in [-0.1, -0.05) is 42.0 Å². The largest absolute Gasteiger partial charge is 0.444 e. The molecule has 0 N–H and O–H groups in total. The molecule has 4 rings (SSSR count). The number of ketones is 1. The standard InChI is InChI=1S/C28H32N2O4/c1-19-6-5-7-22(14-19)27(32)30-17-23(34-28(2,3)4)15-24(30)25(31)13-10-20-8-11-21(12-9-20)26-16-29-18-33-26/h5-9,11-12,14,16,18,23-24H,10,13,15,17H2,1-4H3/t23-,24+/m1/s1. The zero-order valence-electron chi connectivity index (χ0n) is 20.3. The maximum atomic E-state index is 13.4. The number of amides is 1. The van der Waals surface area contributed by atoms with Crippen LogP contribution in [0.4, 0.5) is 0 Å². The summed E-state index contributed by atoms with van der Waals surface area (Å²) in [6, 6.07) is 15.0. The normalized spacial score (nSPS) is 18.3. The van der Waals surface area contributed by atoms with Crippen molar-refractivity contribution in [3.63, 3.8) is 0 Å². The Kier molecular flexibility index (Phi) is 6.98. The molecule has 1 fully saturated rings. The molecule has 6 heteroatoms. The third kappa shape index (κ3) is 5.81. The van der Waals surface area contributed by atoms with E-state index >= 15 is 0 Å². The van der Waals surface area contributed by atoms with E-state index in [-0.39, 0.29) is 23.4 Å². The number of likely N-dealkylation sites (tertiary alicyclic amines) is 1. The van der Waals surface area contributed by atoms with Crippen LogP contribution in [-0.4, -0.2) is 45.9 Å². The summed E-state index contributed by atoms with van der Waals surface area (Å²) in [5.74, 6) is 0.669. The van der Waals surface area contributed by atoms with Crippen molar-refractivity contribution in [3.8, 4) is 11.3 Å². The number of benzene rings is 2. The number of rotatable bonds is 7. The number of Topliss-reactive ketones (excluding diaryl/α,β-unsaturated/α-hetero) is 1.